The van der Waals surface area contributed by atoms with Gasteiger partial charge in [0.05, 0.1) is 24.9 Å². The van der Waals surface area contributed by atoms with Gasteiger partial charge < -0.3 is 9.84 Å². The maximum atomic E-state index is 13.9. The molecule has 2 aromatic carbocycles. The largest absolute Gasteiger partial charge is 0.497 e. The maximum Gasteiger partial charge on any atom is 0.328 e. The van der Waals surface area contributed by atoms with Crippen molar-refractivity contribution in [3.05, 3.63) is 65.4 Å². The van der Waals surface area contributed by atoms with E-state index in [4.69, 9.17) is 9.84 Å². The lowest BCUT2D eigenvalue weighted by atomic mass is 10.1. The Balaban J connectivity index is 2.10. The van der Waals surface area contributed by atoms with Crippen molar-refractivity contribution in [1.29, 1.82) is 0 Å². The standard InChI is InChI=1S/C18H14F2N2O3/c1-25-13-4-5-14-16(6-7-18(23)24)21-22(17(14)9-13)10-11-2-3-12(19)8-15(11)20/h2-9H,10H2,1H3,(H,23,24). The highest BCUT2D eigenvalue weighted by molar-refractivity contribution is 5.92. The molecule has 128 valence electrons. The van der Waals surface area contributed by atoms with Gasteiger partial charge in [0, 0.05) is 29.2 Å². The molecule has 0 amide bonds. The van der Waals surface area contributed by atoms with Crippen LogP contribution < -0.4 is 4.74 Å². The van der Waals surface area contributed by atoms with Crippen LogP contribution in [0.25, 0.3) is 17.0 Å². The summed E-state index contributed by atoms with van der Waals surface area (Å²) >= 11 is 0. The van der Waals surface area contributed by atoms with E-state index in [1.165, 1.54) is 30.0 Å². The van der Waals surface area contributed by atoms with Crippen LogP contribution in [-0.2, 0) is 11.3 Å². The Morgan fingerprint density at radius 2 is 2.08 bits per heavy atom. The number of ether oxygens (including phenoxy) is 1. The molecule has 0 unspecified atom stereocenters. The Kier molecular flexibility index (Phi) is 4.47. The van der Waals surface area contributed by atoms with Gasteiger partial charge in [-0.15, -0.1) is 0 Å². The van der Waals surface area contributed by atoms with Crippen molar-refractivity contribution >= 4 is 22.9 Å². The van der Waals surface area contributed by atoms with Gasteiger partial charge in [-0.05, 0) is 24.3 Å². The zero-order valence-electron chi connectivity index (χ0n) is 13.2. The SMILES string of the molecule is COc1ccc2c(C=CC(=O)O)nn(Cc3ccc(F)cc3F)c2c1. The molecule has 7 heteroatoms. The van der Waals surface area contributed by atoms with Gasteiger partial charge in [0.2, 0.25) is 0 Å². The molecular formula is C18H14F2N2O3. The van der Waals surface area contributed by atoms with Gasteiger partial charge in [-0.25, -0.2) is 13.6 Å². The predicted octanol–water partition coefficient (Wildman–Crippen LogP) is 3.47. The first-order valence-electron chi connectivity index (χ1n) is 7.37. The van der Waals surface area contributed by atoms with E-state index in [1.54, 1.807) is 18.2 Å². The normalized spacial score (nSPS) is 11.3. The second-order valence-corrected chi connectivity index (χ2v) is 5.33. The number of aromatic nitrogens is 2. The highest BCUT2D eigenvalue weighted by Crippen LogP contribution is 2.26. The number of fused-ring (bicyclic) bond motifs is 1. The Hall–Kier alpha value is -3.22. The van der Waals surface area contributed by atoms with Crippen molar-refractivity contribution in [2.24, 2.45) is 0 Å². The molecule has 0 aliphatic heterocycles. The molecule has 0 saturated heterocycles. The van der Waals surface area contributed by atoms with E-state index in [-0.39, 0.29) is 12.1 Å². The van der Waals surface area contributed by atoms with E-state index in [2.05, 4.69) is 5.10 Å². The molecule has 0 fully saturated rings. The van der Waals surface area contributed by atoms with Crippen LogP contribution >= 0.6 is 0 Å². The quantitative estimate of drug-likeness (QED) is 0.720. The summed E-state index contributed by atoms with van der Waals surface area (Å²) in [4.78, 5) is 10.8. The number of carboxylic acids is 1. The van der Waals surface area contributed by atoms with E-state index >= 15 is 0 Å². The number of benzene rings is 2. The summed E-state index contributed by atoms with van der Waals surface area (Å²) in [6.45, 7) is 0.0662. The molecule has 0 bridgehead atoms. The van der Waals surface area contributed by atoms with Crippen LogP contribution in [0.3, 0.4) is 0 Å². The van der Waals surface area contributed by atoms with Crippen LogP contribution in [-0.4, -0.2) is 28.0 Å². The average molecular weight is 344 g/mol. The van der Waals surface area contributed by atoms with E-state index in [0.29, 0.717) is 22.3 Å². The molecule has 25 heavy (non-hydrogen) atoms. The molecule has 5 nitrogen and oxygen atoms in total. The number of hydrogen-bond acceptors (Lipinski definition) is 3. The Morgan fingerprint density at radius 3 is 2.76 bits per heavy atom. The lowest BCUT2D eigenvalue weighted by molar-refractivity contribution is -0.131. The minimum Gasteiger partial charge on any atom is -0.497 e. The molecule has 0 radical (unpaired) electrons. The van der Waals surface area contributed by atoms with Gasteiger partial charge in [0.25, 0.3) is 0 Å². The number of rotatable bonds is 5. The van der Waals surface area contributed by atoms with Crippen molar-refractivity contribution < 1.29 is 23.4 Å². The van der Waals surface area contributed by atoms with E-state index in [9.17, 15) is 13.6 Å². The predicted molar refractivity (Wildman–Crippen MR) is 88.4 cm³/mol. The van der Waals surface area contributed by atoms with Crippen molar-refractivity contribution in [2.45, 2.75) is 6.54 Å². The lowest BCUT2D eigenvalue weighted by Crippen LogP contribution is -2.04. The number of aliphatic carboxylic acids is 1. The first-order chi connectivity index (χ1) is 12.0. The van der Waals surface area contributed by atoms with E-state index in [0.717, 1.165) is 12.1 Å². The minimum absolute atomic E-state index is 0.0662. The summed E-state index contributed by atoms with van der Waals surface area (Å²) < 4.78 is 33.7. The van der Waals surface area contributed by atoms with E-state index in [1.807, 2.05) is 0 Å². The molecule has 0 spiro atoms. The summed E-state index contributed by atoms with van der Waals surface area (Å²) in [6, 6.07) is 8.54. The average Bonchev–Trinajstić information content (AvgIpc) is 2.92. The summed E-state index contributed by atoms with van der Waals surface area (Å²) in [5.74, 6) is -1.84. The number of carboxylic acid groups (broad SMARTS) is 1. The van der Waals surface area contributed by atoms with Crippen LogP contribution in [0.15, 0.2) is 42.5 Å². The summed E-state index contributed by atoms with van der Waals surface area (Å²) in [5.41, 5.74) is 1.35. The number of methoxy groups -OCH3 is 1. The molecule has 0 atom stereocenters. The molecule has 1 N–H and O–H groups in total. The van der Waals surface area contributed by atoms with E-state index < -0.39 is 17.6 Å². The maximum absolute atomic E-state index is 13.9. The van der Waals surface area contributed by atoms with Crippen molar-refractivity contribution in [1.82, 2.24) is 9.78 Å². The third kappa shape index (κ3) is 3.50. The van der Waals surface area contributed by atoms with Crippen LogP contribution in [0.4, 0.5) is 8.78 Å². The Bertz CT molecular complexity index is 980. The zero-order valence-corrected chi connectivity index (χ0v) is 13.2. The van der Waals surface area contributed by atoms with Gasteiger partial charge >= 0.3 is 5.97 Å². The van der Waals surface area contributed by atoms with Crippen LogP contribution in [0.5, 0.6) is 5.75 Å². The van der Waals surface area contributed by atoms with Gasteiger partial charge in [0.1, 0.15) is 17.4 Å². The monoisotopic (exact) mass is 344 g/mol. The third-order valence-electron chi connectivity index (χ3n) is 3.71. The smallest absolute Gasteiger partial charge is 0.328 e. The van der Waals surface area contributed by atoms with Gasteiger partial charge in [-0.1, -0.05) is 6.07 Å². The van der Waals surface area contributed by atoms with Gasteiger partial charge in [0.15, 0.2) is 0 Å². The highest BCUT2D eigenvalue weighted by atomic mass is 19.1. The second kappa shape index (κ2) is 6.72. The Labute approximate surface area is 141 Å². The fraction of sp³-hybridized carbons (Fsp3) is 0.111. The first kappa shape index (κ1) is 16.6. The van der Waals surface area contributed by atoms with Crippen molar-refractivity contribution in [3.8, 4) is 5.75 Å². The lowest BCUT2D eigenvalue weighted by Gasteiger charge is -2.06. The minimum atomic E-state index is -1.10. The van der Waals surface area contributed by atoms with Gasteiger partial charge in [-0.2, -0.15) is 5.10 Å². The number of carbonyl (C=O) groups is 1. The van der Waals surface area contributed by atoms with Crippen LogP contribution in [0, 0.1) is 11.6 Å². The summed E-state index contributed by atoms with van der Waals surface area (Å²) in [7, 11) is 1.52. The van der Waals surface area contributed by atoms with Gasteiger partial charge in [-0.3, -0.25) is 4.68 Å². The fourth-order valence-electron chi connectivity index (χ4n) is 2.51. The molecule has 1 heterocycles. The number of nitrogens with zero attached hydrogens (tertiary/aromatic N) is 2. The second-order valence-electron chi connectivity index (χ2n) is 5.33. The number of hydrogen-bond donors (Lipinski definition) is 1. The molecule has 1 aromatic heterocycles. The fourth-order valence-corrected chi connectivity index (χ4v) is 2.51. The molecule has 3 rings (SSSR count). The molecule has 3 aromatic rings. The Morgan fingerprint density at radius 1 is 1.28 bits per heavy atom. The summed E-state index contributed by atoms with van der Waals surface area (Å²) in [6.07, 6.45) is 2.35. The molecule has 0 aliphatic carbocycles. The topological polar surface area (TPSA) is 64.3 Å². The molecule has 0 aliphatic rings. The zero-order chi connectivity index (χ0) is 18.0. The first-order valence-corrected chi connectivity index (χ1v) is 7.37. The number of halogens is 2. The van der Waals surface area contributed by atoms with Crippen LogP contribution in [0.1, 0.15) is 11.3 Å². The summed E-state index contributed by atoms with van der Waals surface area (Å²) in [5, 5.41) is 13.8. The third-order valence-corrected chi connectivity index (χ3v) is 3.71. The molecule has 0 saturated carbocycles. The highest BCUT2D eigenvalue weighted by Gasteiger charge is 2.13. The van der Waals surface area contributed by atoms with Crippen molar-refractivity contribution in [2.75, 3.05) is 7.11 Å². The van der Waals surface area contributed by atoms with Crippen LogP contribution in [0.2, 0.25) is 0 Å². The van der Waals surface area contributed by atoms with Crippen molar-refractivity contribution in [3.63, 3.8) is 0 Å². The molecular weight excluding hydrogens is 330 g/mol.